The second-order valence-corrected chi connectivity index (χ2v) is 10.2. The average molecular weight is 546 g/mol. The molecule has 1 aromatic carbocycles. The van der Waals surface area contributed by atoms with Crippen molar-refractivity contribution in [3.8, 4) is 5.75 Å². The Morgan fingerprint density at radius 1 is 1.03 bits per heavy atom. The van der Waals surface area contributed by atoms with Crippen LogP contribution in [0.15, 0.2) is 48.8 Å². The fraction of sp³-hybridized carbons (Fsp3) is 0.594. The van der Waals surface area contributed by atoms with E-state index in [9.17, 15) is 4.79 Å². The van der Waals surface area contributed by atoms with Crippen LogP contribution in [0.4, 0.5) is 5.69 Å². The Labute approximate surface area is 239 Å². The summed E-state index contributed by atoms with van der Waals surface area (Å²) in [6.07, 6.45) is 8.40. The molecule has 0 bridgehead atoms. The van der Waals surface area contributed by atoms with Crippen LogP contribution in [0.2, 0.25) is 0 Å². The summed E-state index contributed by atoms with van der Waals surface area (Å²) in [5.41, 5.74) is 20.9. The van der Waals surface area contributed by atoms with Gasteiger partial charge in [-0.25, -0.2) is 0 Å². The minimum atomic E-state index is -0.504. The molecule has 2 unspecified atom stereocenters. The summed E-state index contributed by atoms with van der Waals surface area (Å²) in [5, 5.41) is 6.03. The second kappa shape index (κ2) is 23.3. The monoisotopic (exact) mass is 545 g/mol. The van der Waals surface area contributed by atoms with E-state index in [-0.39, 0.29) is 11.9 Å². The molecule has 0 radical (unpaired) electrons. The van der Waals surface area contributed by atoms with Crippen LogP contribution in [-0.2, 0) is 4.79 Å². The van der Waals surface area contributed by atoms with E-state index in [2.05, 4.69) is 37.6 Å². The predicted octanol–water partition coefficient (Wildman–Crippen LogP) is 6.56. The van der Waals surface area contributed by atoms with E-state index in [1.54, 1.807) is 6.08 Å². The molecular weight excluding hydrogens is 486 g/mol. The molecule has 1 rings (SSSR count). The van der Waals surface area contributed by atoms with Crippen molar-refractivity contribution in [3.05, 3.63) is 54.4 Å². The number of unbranched alkanes of at least 4 members (excludes halogenated alkanes) is 2. The van der Waals surface area contributed by atoms with E-state index in [1.807, 2.05) is 65.8 Å². The Morgan fingerprint density at radius 3 is 2.13 bits per heavy atom. The summed E-state index contributed by atoms with van der Waals surface area (Å²) in [6.45, 7) is 25.5. The van der Waals surface area contributed by atoms with Gasteiger partial charge in [-0.05, 0) is 82.5 Å². The molecule has 0 aliphatic rings. The van der Waals surface area contributed by atoms with Crippen molar-refractivity contribution < 1.29 is 9.53 Å². The van der Waals surface area contributed by atoms with Crippen LogP contribution in [0.1, 0.15) is 93.1 Å². The van der Waals surface area contributed by atoms with Crippen LogP contribution in [-0.4, -0.2) is 31.1 Å². The Hall–Kier alpha value is -2.61. The number of anilines is 1. The third-order valence-corrected chi connectivity index (χ3v) is 5.63. The standard InChI is InChI=1S/C19H31N3O2.C11H22N2.C2H6/c1-4-15-13-16(22-19(23)17(21)12-14(2)3)8-9-18(15)24-11-7-5-6-10-20;1-6-9(4)13-10(5)11(12)7-8(2)3;1-2/h4,8-9,13-14,17H,1,5-7,10-12,20-21H2,2-3H3,(H,22,23);6,8,11,13H,5,7,12H2,1-4H3;1-2H3/b;9-6+;. The third kappa shape index (κ3) is 19.2. The molecule has 0 aliphatic carbocycles. The lowest BCUT2D eigenvalue weighted by Crippen LogP contribution is -2.36. The number of amides is 1. The van der Waals surface area contributed by atoms with Gasteiger partial charge in [-0.1, -0.05) is 66.9 Å². The molecule has 1 amide bonds. The third-order valence-electron chi connectivity index (χ3n) is 5.63. The first kappa shape index (κ1) is 38.5. The number of nitrogens with two attached hydrogens (primary N) is 3. The summed E-state index contributed by atoms with van der Waals surface area (Å²) in [5.74, 6) is 1.58. The molecule has 7 heteroatoms. The summed E-state index contributed by atoms with van der Waals surface area (Å²) < 4.78 is 5.79. The van der Waals surface area contributed by atoms with Crippen molar-refractivity contribution >= 4 is 17.7 Å². The number of hydrogen-bond donors (Lipinski definition) is 5. The molecule has 39 heavy (non-hydrogen) atoms. The maximum absolute atomic E-state index is 12.1. The van der Waals surface area contributed by atoms with E-state index in [0.717, 1.165) is 48.4 Å². The Balaban J connectivity index is 0. The molecular formula is C32H59N5O2. The van der Waals surface area contributed by atoms with Crippen molar-refractivity contribution in [1.82, 2.24) is 5.32 Å². The van der Waals surface area contributed by atoms with E-state index in [4.69, 9.17) is 21.9 Å². The van der Waals surface area contributed by atoms with Gasteiger partial charge in [0.05, 0.1) is 12.6 Å². The molecule has 0 saturated heterocycles. The van der Waals surface area contributed by atoms with Gasteiger partial charge in [0.25, 0.3) is 0 Å². The average Bonchev–Trinajstić information content (AvgIpc) is 2.89. The SMILES string of the molecule is C=C(N/C(C)=C/C)C(N)CC(C)C.C=Cc1cc(NC(=O)C(N)CC(C)C)ccc1OCCCCCN.CC. The maximum Gasteiger partial charge on any atom is 0.241 e. The largest absolute Gasteiger partial charge is 0.493 e. The highest BCUT2D eigenvalue weighted by Crippen LogP contribution is 2.24. The summed E-state index contributed by atoms with van der Waals surface area (Å²) in [4.78, 5) is 12.1. The minimum absolute atomic E-state index is 0.0508. The van der Waals surface area contributed by atoms with E-state index >= 15 is 0 Å². The van der Waals surface area contributed by atoms with Crippen LogP contribution < -0.4 is 32.6 Å². The number of carbonyl (C=O) groups excluding carboxylic acids is 1. The van der Waals surface area contributed by atoms with Gasteiger partial charge in [0.15, 0.2) is 0 Å². The zero-order valence-electron chi connectivity index (χ0n) is 26.1. The Kier molecular flexibility index (Phi) is 23.0. The number of ether oxygens (including phenoxy) is 1. The Morgan fingerprint density at radius 2 is 1.62 bits per heavy atom. The topological polar surface area (TPSA) is 128 Å². The molecule has 224 valence electrons. The molecule has 0 spiro atoms. The zero-order valence-corrected chi connectivity index (χ0v) is 26.1. The first-order valence-corrected chi connectivity index (χ1v) is 14.4. The number of benzene rings is 1. The van der Waals surface area contributed by atoms with Crippen LogP contribution >= 0.6 is 0 Å². The molecule has 0 fully saturated rings. The van der Waals surface area contributed by atoms with Gasteiger partial charge >= 0.3 is 0 Å². The van der Waals surface area contributed by atoms with Crippen molar-refractivity contribution in [2.75, 3.05) is 18.5 Å². The first-order valence-electron chi connectivity index (χ1n) is 14.4. The molecule has 7 nitrogen and oxygen atoms in total. The second-order valence-electron chi connectivity index (χ2n) is 10.2. The smallest absolute Gasteiger partial charge is 0.241 e. The van der Waals surface area contributed by atoms with Gasteiger partial charge in [-0.15, -0.1) is 0 Å². The minimum Gasteiger partial charge on any atom is -0.493 e. The molecule has 0 aliphatic heterocycles. The maximum atomic E-state index is 12.1. The lowest BCUT2D eigenvalue weighted by molar-refractivity contribution is -0.117. The van der Waals surface area contributed by atoms with Gasteiger partial charge in [-0.3, -0.25) is 4.79 Å². The molecule has 8 N–H and O–H groups in total. The van der Waals surface area contributed by atoms with Gasteiger partial charge in [-0.2, -0.15) is 0 Å². The number of nitrogens with one attached hydrogen (secondary N) is 2. The molecule has 1 aromatic rings. The summed E-state index contributed by atoms with van der Waals surface area (Å²) >= 11 is 0. The number of allylic oxidation sites excluding steroid dienone is 2. The van der Waals surface area contributed by atoms with E-state index in [1.165, 1.54) is 0 Å². The summed E-state index contributed by atoms with van der Waals surface area (Å²) in [6, 6.07) is 5.07. The van der Waals surface area contributed by atoms with E-state index < -0.39 is 6.04 Å². The van der Waals surface area contributed by atoms with Crippen LogP contribution in [0.3, 0.4) is 0 Å². The lowest BCUT2D eigenvalue weighted by Gasteiger charge is -2.18. The molecule has 0 saturated carbocycles. The molecule has 0 aromatic heterocycles. The number of hydrogen-bond acceptors (Lipinski definition) is 6. The quantitative estimate of drug-likeness (QED) is 0.150. The van der Waals surface area contributed by atoms with Crippen molar-refractivity contribution in [2.24, 2.45) is 29.0 Å². The fourth-order valence-corrected chi connectivity index (χ4v) is 3.44. The van der Waals surface area contributed by atoms with Crippen molar-refractivity contribution in [2.45, 2.75) is 99.6 Å². The van der Waals surface area contributed by atoms with Gasteiger partial charge < -0.3 is 32.6 Å². The number of carbonyl (C=O) groups is 1. The van der Waals surface area contributed by atoms with E-state index in [0.29, 0.717) is 37.1 Å². The lowest BCUT2D eigenvalue weighted by atomic mass is 10.0. The molecule has 0 heterocycles. The number of rotatable bonds is 16. The van der Waals surface area contributed by atoms with Crippen molar-refractivity contribution in [1.29, 1.82) is 0 Å². The highest BCUT2D eigenvalue weighted by atomic mass is 16.5. The predicted molar refractivity (Wildman–Crippen MR) is 171 cm³/mol. The van der Waals surface area contributed by atoms with Crippen molar-refractivity contribution in [3.63, 3.8) is 0 Å². The van der Waals surface area contributed by atoms with Crippen LogP contribution in [0.25, 0.3) is 6.08 Å². The zero-order chi connectivity index (χ0) is 30.4. The highest BCUT2D eigenvalue weighted by molar-refractivity contribution is 5.95. The summed E-state index contributed by atoms with van der Waals surface area (Å²) in [7, 11) is 0. The van der Waals surface area contributed by atoms with Crippen LogP contribution in [0, 0.1) is 11.8 Å². The van der Waals surface area contributed by atoms with Crippen LogP contribution in [0.5, 0.6) is 5.75 Å². The fourth-order valence-electron chi connectivity index (χ4n) is 3.44. The Bertz CT molecular complexity index is 849. The van der Waals surface area contributed by atoms with Gasteiger partial charge in [0.2, 0.25) is 5.91 Å². The van der Waals surface area contributed by atoms with Gasteiger partial charge in [0, 0.05) is 28.7 Å². The van der Waals surface area contributed by atoms with Gasteiger partial charge in [0.1, 0.15) is 5.75 Å². The normalized spacial score (nSPS) is 12.4. The first-order chi connectivity index (χ1) is 18.4. The molecule has 2 atom stereocenters. The highest BCUT2D eigenvalue weighted by Gasteiger charge is 2.15.